The van der Waals surface area contributed by atoms with Crippen LogP contribution < -0.4 is 10.6 Å². The lowest BCUT2D eigenvalue weighted by Gasteiger charge is -2.09. The van der Waals surface area contributed by atoms with Crippen molar-refractivity contribution in [1.29, 1.82) is 0 Å². The van der Waals surface area contributed by atoms with Crippen LogP contribution in [-0.2, 0) is 0 Å². The summed E-state index contributed by atoms with van der Waals surface area (Å²) in [5.41, 5.74) is 0.580. The monoisotopic (exact) mass is 357 g/mol. The zero-order chi connectivity index (χ0) is 14.7. The molecular weight excluding hydrogens is 349 g/mol. The minimum absolute atomic E-state index is 0.217. The van der Waals surface area contributed by atoms with E-state index in [0.717, 1.165) is 0 Å². The fourth-order valence-corrected chi connectivity index (χ4v) is 2.07. The highest BCUT2D eigenvalue weighted by molar-refractivity contribution is 9.10. The van der Waals surface area contributed by atoms with Crippen molar-refractivity contribution in [2.45, 2.75) is 0 Å². The standard InChI is InChI=1S/C13H10BrClFN3O/c1-17-12-5-8(10(15)6-18-12)13(20)19-11-4-7(16)2-3-9(11)14/h2-6H,1H3,(H,17,18)(H,19,20). The first-order valence-corrected chi connectivity index (χ1v) is 6.78. The van der Waals surface area contributed by atoms with Gasteiger partial charge in [0.15, 0.2) is 0 Å². The number of carbonyl (C=O) groups excluding carboxylic acids is 1. The van der Waals surface area contributed by atoms with E-state index >= 15 is 0 Å². The number of amides is 1. The number of nitrogens with zero attached hydrogens (tertiary/aromatic N) is 1. The Morgan fingerprint density at radius 2 is 2.15 bits per heavy atom. The number of hydrogen-bond acceptors (Lipinski definition) is 3. The predicted octanol–water partition coefficient (Wildman–Crippen LogP) is 3.93. The zero-order valence-corrected chi connectivity index (χ0v) is 12.7. The Morgan fingerprint density at radius 1 is 1.40 bits per heavy atom. The Labute approximate surface area is 128 Å². The molecule has 1 amide bonds. The summed E-state index contributed by atoms with van der Waals surface area (Å²) < 4.78 is 13.8. The molecule has 0 saturated carbocycles. The first kappa shape index (κ1) is 14.7. The predicted molar refractivity (Wildman–Crippen MR) is 80.8 cm³/mol. The number of halogens is 3. The van der Waals surface area contributed by atoms with E-state index in [4.69, 9.17) is 11.6 Å². The van der Waals surface area contributed by atoms with Crippen molar-refractivity contribution in [2.24, 2.45) is 0 Å². The van der Waals surface area contributed by atoms with E-state index < -0.39 is 11.7 Å². The van der Waals surface area contributed by atoms with Gasteiger partial charge >= 0.3 is 0 Å². The molecule has 7 heteroatoms. The third-order valence-electron chi connectivity index (χ3n) is 2.53. The molecule has 0 aliphatic rings. The molecule has 0 aliphatic carbocycles. The van der Waals surface area contributed by atoms with Crippen molar-refractivity contribution in [2.75, 3.05) is 17.7 Å². The van der Waals surface area contributed by atoms with Gasteiger partial charge in [0.2, 0.25) is 0 Å². The highest BCUT2D eigenvalue weighted by Gasteiger charge is 2.14. The molecule has 0 spiro atoms. The Hall–Kier alpha value is -1.66. The lowest BCUT2D eigenvalue weighted by atomic mass is 10.2. The number of hydrogen-bond donors (Lipinski definition) is 2. The second-order valence-electron chi connectivity index (χ2n) is 3.88. The molecular formula is C13H10BrClFN3O. The molecule has 0 unspecified atom stereocenters. The lowest BCUT2D eigenvalue weighted by molar-refractivity contribution is 0.102. The fourth-order valence-electron chi connectivity index (χ4n) is 1.53. The summed E-state index contributed by atoms with van der Waals surface area (Å²) in [6, 6.07) is 5.54. The van der Waals surface area contributed by atoms with Gasteiger partial charge in [-0.05, 0) is 40.2 Å². The number of rotatable bonds is 3. The third-order valence-corrected chi connectivity index (χ3v) is 3.53. The zero-order valence-electron chi connectivity index (χ0n) is 10.4. The van der Waals surface area contributed by atoms with Gasteiger partial charge in [0.1, 0.15) is 11.6 Å². The van der Waals surface area contributed by atoms with Crippen molar-refractivity contribution in [1.82, 2.24) is 4.98 Å². The fraction of sp³-hybridized carbons (Fsp3) is 0.0769. The van der Waals surface area contributed by atoms with Crippen LogP contribution >= 0.6 is 27.5 Å². The molecule has 1 aromatic carbocycles. The molecule has 0 atom stereocenters. The van der Waals surface area contributed by atoms with Crippen LogP contribution in [0.5, 0.6) is 0 Å². The van der Waals surface area contributed by atoms with Gasteiger partial charge in [-0.1, -0.05) is 11.6 Å². The van der Waals surface area contributed by atoms with Gasteiger partial charge in [-0.25, -0.2) is 9.37 Å². The molecule has 2 rings (SSSR count). The minimum atomic E-state index is -0.444. The SMILES string of the molecule is CNc1cc(C(=O)Nc2cc(F)ccc2Br)c(Cl)cn1. The summed E-state index contributed by atoms with van der Waals surface area (Å²) in [7, 11) is 1.68. The molecule has 104 valence electrons. The number of nitrogens with one attached hydrogen (secondary N) is 2. The summed E-state index contributed by atoms with van der Waals surface area (Å²) in [6.07, 6.45) is 1.38. The molecule has 0 bridgehead atoms. The van der Waals surface area contributed by atoms with Crippen LogP contribution in [0.25, 0.3) is 0 Å². The molecule has 0 radical (unpaired) electrons. The topological polar surface area (TPSA) is 54.0 Å². The molecule has 2 N–H and O–H groups in total. The van der Waals surface area contributed by atoms with Crippen LogP contribution in [-0.4, -0.2) is 17.9 Å². The molecule has 1 heterocycles. The van der Waals surface area contributed by atoms with Crippen molar-refractivity contribution in [3.8, 4) is 0 Å². The van der Waals surface area contributed by atoms with Gasteiger partial charge in [-0.3, -0.25) is 4.79 Å². The van der Waals surface area contributed by atoms with Gasteiger partial charge in [-0.2, -0.15) is 0 Å². The van der Waals surface area contributed by atoms with Gasteiger partial charge in [-0.15, -0.1) is 0 Å². The van der Waals surface area contributed by atoms with E-state index in [-0.39, 0.29) is 10.6 Å². The maximum Gasteiger partial charge on any atom is 0.257 e. The van der Waals surface area contributed by atoms with Gasteiger partial charge in [0.25, 0.3) is 5.91 Å². The van der Waals surface area contributed by atoms with E-state index in [1.807, 2.05) is 0 Å². The number of carbonyl (C=O) groups is 1. The molecule has 1 aromatic heterocycles. The number of aromatic nitrogens is 1. The van der Waals surface area contributed by atoms with Crippen molar-refractivity contribution >= 4 is 44.9 Å². The maximum atomic E-state index is 13.2. The van der Waals surface area contributed by atoms with Crippen molar-refractivity contribution in [3.63, 3.8) is 0 Å². The molecule has 0 fully saturated rings. The smallest absolute Gasteiger partial charge is 0.257 e. The molecule has 0 aliphatic heterocycles. The third kappa shape index (κ3) is 3.26. The highest BCUT2D eigenvalue weighted by atomic mass is 79.9. The molecule has 20 heavy (non-hydrogen) atoms. The molecule has 0 saturated heterocycles. The van der Waals surface area contributed by atoms with Crippen LogP contribution in [0, 0.1) is 5.82 Å². The summed E-state index contributed by atoms with van der Waals surface area (Å²) in [6.45, 7) is 0. The average molecular weight is 359 g/mol. The highest BCUT2D eigenvalue weighted by Crippen LogP contribution is 2.25. The van der Waals surface area contributed by atoms with Gasteiger partial charge < -0.3 is 10.6 Å². The van der Waals surface area contributed by atoms with E-state index in [2.05, 4.69) is 31.5 Å². The summed E-state index contributed by atoms with van der Waals surface area (Å²) in [4.78, 5) is 16.2. The molecule has 4 nitrogen and oxygen atoms in total. The Bertz CT molecular complexity index is 666. The quantitative estimate of drug-likeness (QED) is 0.874. The Kier molecular flexibility index (Phi) is 4.57. The maximum absolute atomic E-state index is 13.2. The van der Waals surface area contributed by atoms with Crippen LogP contribution in [0.15, 0.2) is 34.9 Å². The Balaban J connectivity index is 2.30. The van der Waals surface area contributed by atoms with Crippen LogP contribution in [0.2, 0.25) is 5.02 Å². The van der Waals surface area contributed by atoms with Crippen LogP contribution in [0.4, 0.5) is 15.9 Å². The van der Waals surface area contributed by atoms with Crippen molar-refractivity contribution < 1.29 is 9.18 Å². The van der Waals surface area contributed by atoms with E-state index in [1.165, 1.54) is 30.5 Å². The minimum Gasteiger partial charge on any atom is -0.373 e. The number of pyridine rings is 1. The first-order chi connectivity index (χ1) is 9.51. The van der Waals surface area contributed by atoms with E-state index in [0.29, 0.717) is 16.0 Å². The van der Waals surface area contributed by atoms with Crippen LogP contribution in [0.3, 0.4) is 0 Å². The summed E-state index contributed by atoms with van der Waals surface area (Å²) in [5, 5.41) is 5.63. The second-order valence-corrected chi connectivity index (χ2v) is 5.14. The van der Waals surface area contributed by atoms with Crippen LogP contribution in [0.1, 0.15) is 10.4 Å². The van der Waals surface area contributed by atoms with Gasteiger partial charge in [0.05, 0.1) is 16.3 Å². The average Bonchev–Trinajstić information content (AvgIpc) is 2.43. The lowest BCUT2D eigenvalue weighted by Crippen LogP contribution is -2.13. The molecule has 2 aromatic rings. The Morgan fingerprint density at radius 3 is 2.85 bits per heavy atom. The first-order valence-electron chi connectivity index (χ1n) is 5.61. The normalized spacial score (nSPS) is 10.2. The van der Waals surface area contributed by atoms with Gasteiger partial charge in [0, 0.05) is 17.7 Å². The van der Waals surface area contributed by atoms with E-state index in [9.17, 15) is 9.18 Å². The second kappa shape index (κ2) is 6.19. The largest absolute Gasteiger partial charge is 0.373 e. The summed E-state index contributed by atoms with van der Waals surface area (Å²) >= 11 is 9.19. The van der Waals surface area contributed by atoms with E-state index in [1.54, 1.807) is 7.05 Å². The number of benzene rings is 1. The number of anilines is 2. The van der Waals surface area contributed by atoms with Crippen molar-refractivity contribution in [3.05, 3.63) is 51.3 Å². The summed E-state index contributed by atoms with van der Waals surface area (Å²) in [5.74, 6) is -0.377.